The van der Waals surface area contributed by atoms with Crippen molar-refractivity contribution >= 4 is 29.3 Å². The molecule has 6 heteroatoms. The van der Waals surface area contributed by atoms with Crippen LogP contribution in [0, 0.1) is 25.2 Å². The van der Waals surface area contributed by atoms with Crippen LogP contribution in [0.15, 0.2) is 78.4 Å². The van der Waals surface area contributed by atoms with E-state index in [0.717, 1.165) is 11.1 Å². The van der Waals surface area contributed by atoms with Gasteiger partial charge in [-0.15, -0.1) is 0 Å². The van der Waals surface area contributed by atoms with Crippen molar-refractivity contribution in [1.82, 2.24) is 0 Å². The Balaban J connectivity index is 1.66. The summed E-state index contributed by atoms with van der Waals surface area (Å²) in [5.74, 6) is -0.327. The van der Waals surface area contributed by atoms with Gasteiger partial charge in [0.2, 0.25) is 0 Å². The topological polar surface area (TPSA) is 91.2 Å². The number of hydrogen-bond donors (Lipinski definition) is 2. The fraction of sp³-hybridized carbons (Fsp3) is 0.115. The second-order valence-electron chi connectivity index (χ2n) is 7.15. The highest BCUT2D eigenvalue weighted by molar-refractivity contribution is 6.10. The maximum Gasteiger partial charge on any atom is 0.266 e. The summed E-state index contributed by atoms with van der Waals surface area (Å²) in [5.41, 5.74) is 3.92. The van der Waals surface area contributed by atoms with Gasteiger partial charge in [-0.25, -0.2) is 0 Å². The van der Waals surface area contributed by atoms with Crippen LogP contribution < -0.4 is 15.4 Å². The number of nitriles is 1. The Morgan fingerprint density at radius 1 is 0.969 bits per heavy atom. The Morgan fingerprint density at radius 2 is 1.72 bits per heavy atom. The lowest BCUT2D eigenvalue weighted by molar-refractivity contribution is -0.118. The summed E-state index contributed by atoms with van der Waals surface area (Å²) in [7, 11) is 0. The second kappa shape index (κ2) is 10.6. The number of amides is 2. The van der Waals surface area contributed by atoms with E-state index in [1.54, 1.807) is 42.5 Å². The highest BCUT2D eigenvalue weighted by Crippen LogP contribution is 2.20. The molecule has 0 radical (unpaired) electrons. The van der Waals surface area contributed by atoms with Crippen molar-refractivity contribution in [2.75, 3.05) is 17.2 Å². The van der Waals surface area contributed by atoms with E-state index in [0.29, 0.717) is 22.7 Å². The number of ether oxygens (including phenoxy) is 1. The van der Waals surface area contributed by atoms with Crippen LogP contribution in [-0.2, 0) is 9.59 Å². The molecule has 0 saturated carbocycles. The second-order valence-corrected chi connectivity index (χ2v) is 7.15. The molecule has 0 fully saturated rings. The average molecular weight is 425 g/mol. The van der Waals surface area contributed by atoms with E-state index in [2.05, 4.69) is 10.6 Å². The van der Waals surface area contributed by atoms with E-state index in [9.17, 15) is 14.9 Å². The summed E-state index contributed by atoms with van der Waals surface area (Å²) in [5, 5.41) is 15.0. The Kier molecular flexibility index (Phi) is 7.39. The number of nitrogens with one attached hydrogen (secondary N) is 2. The smallest absolute Gasteiger partial charge is 0.266 e. The first-order valence-electron chi connectivity index (χ1n) is 10.0. The van der Waals surface area contributed by atoms with Crippen molar-refractivity contribution in [2.24, 2.45) is 0 Å². The Hall–Kier alpha value is -4.37. The lowest BCUT2D eigenvalue weighted by atomic mass is 10.1. The van der Waals surface area contributed by atoms with E-state index in [1.165, 1.54) is 6.08 Å². The molecule has 0 saturated heterocycles. The van der Waals surface area contributed by atoms with Crippen LogP contribution in [0.2, 0.25) is 0 Å². The molecule has 0 unspecified atom stereocenters. The molecule has 32 heavy (non-hydrogen) atoms. The fourth-order valence-electron chi connectivity index (χ4n) is 2.95. The molecule has 3 rings (SSSR count). The highest BCUT2D eigenvalue weighted by atomic mass is 16.5. The SMILES string of the molecule is Cc1cccc(NC(=O)/C(C#N)=C\c2cccc(OCC(=O)Nc3ccccc3)c2)c1C. The van der Waals surface area contributed by atoms with Gasteiger partial charge in [-0.2, -0.15) is 5.26 Å². The molecule has 2 amide bonds. The van der Waals surface area contributed by atoms with Crippen molar-refractivity contribution in [2.45, 2.75) is 13.8 Å². The molecule has 2 N–H and O–H groups in total. The minimum Gasteiger partial charge on any atom is -0.484 e. The van der Waals surface area contributed by atoms with Crippen molar-refractivity contribution in [3.05, 3.63) is 95.1 Å². The van der Waals surface area contributed by atoms with Gasteiger partial charge in [-0.05, 0) is 66.9 Å². The molecule has 0 spiro atoms. The number of rotatable bonds is 7. The van der Waals surface area contributed by atoms with Gasteiger partial charge in [-0.1, -0.05) is 42.5 Å². The Labute approximate surface area is 187 Å². The van der Waals surface area contributed by atoms with Crippen LogP contribution in [0.5, 0.6) is 5.75 Å². The van der Waals surface area contributed by atoms with Crippen molar-refractivity contribution in [3.8, 4) is 11.8 Å². The minimum atomic E-state index is -0.491. The number of hydrogen-bond acceptors (Lipinski definition) is 4. The summed E-state index contributed by atoms with van der Waals surface area (Å²) >= 11 is 0. The van der Waals surface area contributed by atoms with Gasteiger partial charge in [0.05, 0.1) is 0 Å². The lowest BCUT2D eigenvalue weighted by Crippen LogP contribution is -2.20. The predicted molar refractivity (Wildman–Crippen MR) is 125 cm³/mol. The normalized spacial score (nSPS) is 10.7. The maximum atomic E-state index is 12.6. The number of carbonyl (C=O) groups excluding carboxylic acids is 2. The van der Waals surface area contributed by atoms with Crippen LogP contribution in [0.4, 0.5) is 11.4 Å². The maximum absolute atomic E-state index is 12.6. The van der Waals surface area contributed by atoms with Crippen LogP contribution >= 0.6 is 0 Å². The molecule has 0 aliphatic carbocycles. The highest BCUT2D eigenvalue weighted by Gasteiger charge is 2.12. The molecule has 3 aromatic rings. The predicted octanol–water partition coefficient (Wildman–Crippen LogP) is 4.87. The zero-order valence-electron chi connectivity index (χ0n) is 17.9. The third kappa shape index (κ3) is 6.07. The number of aryl methyl sites for hydroxylation is 1. The van der Waals surface area contributed by atoms with Gasteiger partial charge < -0.3 is 15.4 Å². The molecular formula is C26H23N3O3. The molecule has 0 atom stereocenters. The van der Waals surface area contributed by atoms with Crippen molar-refractivity contribution in [3.63, 3.8) is 0 Å². The fourth-order valence-corrected chi connectivity index (χ4v) is 2.95. The van der Waals surface area contributed by atoms with Crippen LogP contribution in [0.1, 0.15) is 16.7 Å². The molecule has 6 nitrogen and oxygen atoms in total. The van der Waals surface area contributed by atoms with Gasteiger partial charge in [0.25, 0.3) is 11.8 Å². The van der Waals surface area contributed by atoms with E-state index < -0.39 is 5.91 Å². The minimum absolute atomic E-state index is 0.0372. The number of benzene rings is 3. The Bertz CT molecular complexity index is 1190. The quantitative estimate of drug-likeness (QED) is 0.417. The first kappa shape index (κ1) is 22.3. The zero-order valence-corrected chi connectivity index (χ0v) is 17.9. The van der Waals surface area contributed by atoms with Crippen LogP contribution in [0.25, 0.3) is 6.08 Å². The molecule has 0 bridgehead atoms. The van der Waals surface area contributed by atoms with Gasteiger partial charge in [0.1, 0.15) is 17.4 Å². The molecule has 0 heterocycles. The van der Waals surface area contributed by atoms with Gasteiger partial charge in [-0.3, -0.25) is 9.59 Å². The number of carbonyl (C=O) groups is 2. The first-order chi connectivity index (χ1) is 15.5. The summed E-state index contributed by atoms with van der Waals surface area (Å²) in [6.45, 7) is 3.70. The van der Waals surface area contributed by atoms with E-state index in [4.69, 9.17) is 4.74 Å². The molecule has 0 aromatic heterocycles. The van der Waals surface area contributed by atoms with Crippen LogP contribution in [0.3, 0.4) is 0 Å². The first-order valence-corrected chi connectivity index (χ1v) is 10.0. The van der Waals surface area contributed by atoms with Crippen molar-refractivity contribution < 1.29 is 14.3 Å². The third-order valence-electron chi connectivity index (χ3n) is 4.81. The summed E-state index contributed by atoms with van der Waals surface area (Å²) in [6, 6.07) is 23.5. The number of nitrogens with zero attached hydrogens (tertiary/aromatic N) is 1. The van der Waals surface area contributed by atoms with Gasteiger partial charge in [0, 0.05) is 11.4 Å². The molecule has 3 aromatic carbocycles. The average Bonchev–Trinajstić information content (AvgIpc) is 2.80. The van der Waals surface area contributed by atoms with Crippen LogP contribution in [-0.4, -0.2) is 18.4 Å². The standard InChI is InChI=1S/C26H23N3O3/c1-18-8-6-13-24(19(18)2)29-26(31)21(16-27)14-20-9-7-12-23(15-20)32-17-25(30)28-22-10-4-3-5-11-22/h3-15H,17H2,1-2H3,(H,28,30)(H,29,31)/b21-14-. The van der Waals surface area contributed by atoms with E-state index in [1.807, 2.05) is 50.2 Å². The van der Waals surface area contributed by atoms with Gasteiger partial charge >= 0.3 is 0 Å². The molecule has 0 aliphatic rings. The zero-order chi connectivity index (χ0) is 22.9. The van der Waals surface area contributed by atoms with Crippen molar-refractivity contribution in [1.29, 1.82) is 5.26 Å². The summed E-state index contributed by atoms with van der Waals surface area (Å²) < 4.78 is 5.56. The third-order valence-corrected chi connectivity index (χ3v) is 4.81. The molecule has 0 aliphatic heterocycles. The van der Waals surface area contributed by atoms with Gasteiger partial charge in [0.15, 0.2) is 6.61 Å². The molecular weight excluding hydrogens is 402 g/mol. The van der Waals surface area contributed by atoms with E-state index in [-0.39, 0.29) is 18.1 Å². The number of para-hydroxylation sites is 1. The van der Waals surface area contributed by atoms with E-state index >= 15 is 0 Å². The summed E-state index contributed by atoms with van der Waals surface area (Å²) in [4.78, 5) is 24.7. The Morgan fingerprint density at radius 3 is 2.47 bits per heavy atom. The largest absolute Gasteiger partial charge is 0.484 e. The lowest BCUT2D eigenvalue weighted by Gasteiger charge is -2.10. The summed E-state index contributed by atoms with van der Waals surface area (Å²) in [6.07, 6.45) is 1.48. The number of anilines is 2. The molecule has 160 valence electrons. The monoisotopic (exact) mass is 425 g/mol.